The summed E-state index contributed by atoms with van der Waals surface area (Å²) in [4.78, 5) is 26.0. The molecule has 0 aromatic heterocycles. The van der Waals surface area contributed by atoms with E-state index in [-0.39, 0.29) is 21.9 Å². The molecule has 0 saturated carbocycles. The van der Waals surface area contributed by atoms with E-state index in [1.807, 2.05) is 11.8 Å². The molecular formula is C26H31N3O6S. The molecule has 192 valence electrons. The molecule has 2 aromatic rings. The molecular weight excluding hydrogens is 482 g/mol. The third kappa shape index (κ3) is 5.29. The number of hydrogen-bond acceptors (Lipinski definition) is 6. The number of likely N-dealkylation sites (tertiary alicyclic amines) is 1. The maximum absolute atomic E-state index is 13.3. The van der Waals surface area contributed by atoms with Crippen LogP contribution in [0.25, 0.3) is 6.08 Å². The molecule has 0 bridgehead atoms. The van der Waals surface area contributed by atoms with Crippen molar-refractivity contribution in [1.29, 1.82) is 0 Å². The number of methoxy groups -OCH3 is 1. The number of nitro benzene ring substituents is 1. The Bertz CT molecular complexity index is 1280. The minimum Gasteiger partial charge on any atom is -0.497 e. The van der Waals surface area contributed by atoms with Crippen LogP contribution in [0.2, 0.25) is 0 Å². The fraction of sp³-hybridized carbons (Fsp3) is 0.423. The van der Waals surface area contributed by atoms with Crippen LogP contribution in [0.4, 0.5) is 5.69 Å². The van der Waals surface area contributed by atoms with Gasteiger partial charge in [-0.1, -0.05) is 25.1 Å². The van der Waals surface area contributed by atoms with Crippen molar-refractivity contribution in [2.24, 2.45) is 5.41 Å². The highest BCUT2D eigenvalue weighted by Gasteiger charge is 2.44. The normalized spacial score (nSPS) is 18.4. The summed E-state index contributed by atoms with van der Waals surface area (Å²) in [6.45, 7) is 3.92. The van der Waals surface area contributed by atoms with Gasteiger partial charge in [0.25, 0.3) is 5.69 Å². The average molecular weight is 514 g/mol. The number of ether oxygens (including phenoxy) is 1. The Morgan fingerprint density at radius 1 is 1.11 bits per heavy atom. The highest BCUT2D eigenvalue weighted by atomic mass is 32.2. The minimum absolute atomic E-state index is 0.0116. The summed E-state index contributed by atoms with van der Waals surface area (Å²) >= 11 is 0. The number of piperidine rings is 1. The van der Waals surface area contributed by atoms with E-state index in [4.69, 9.17) is 4.74 Å². The molecule has 2 fully saturated rings. The molecule has 2 aliphatic rings. The molecule has 2 aliphatic heterocycles. The van der Waals surface area contributed by atoms with Crippen molar-refractivity contribution in [3.63, 3.8) is 0 Å². The van der Waals surface area contributed by atoms with Gasteiger partial charge in [-0.15, -0.1) is 0 Å². The standard InChI is InChI=1S/C26H31N3O6S/c1-3-21(16-20-6-4-7-22(17-20)29(31)32)25(30)27-13-10-26(19-27)11-14-28(15-12-26)36(33,34)24-9-5-8-23(18-24)35-2/h4-9,16-18H,3,10-15,19H2,1-2H3/b21-16-. The lowest BCUT2D eigenvalue weighted by Crippen LogP contribution is -2.44. The minimum atomic E-state index is -3.62. The second kappa shape index (κ2) is 10.4. The maximum atomic E-state index is 13.3. The van der Waals surface area contributed by atoms with Crippen LogP contribution in [0.1, 0.15) is 38.2 Å². The summed E-state index contributed by atoms with van der Waals surface area (Å²) in [5.41, 5.74) is 1.12. The number of amides is 1. The van der Waals surface area contributed by atoms with Crippen LogP contribution in [0.15, 0.2) is 59.0 Å². The molecule has 0 unspecified atom stereocenters. The van der Waals surface area contributed by atoms with Crippen molar-refractivity contribution in [2.75, 3.05) is 33.3 Å². The Labute approximate surface area is 211 Å². The highest BCUT2D eigenvalue weighted by Crippen LogP contribution is 2.42. The van der Waals surface area contributed by atoms with Crippen LogP contribution >= 0.6 is 0 Å². The first-order valence-corrected chi connectivity index (χ1v) is 13.5. The van der Waals surface area contributed by atoms with Gasteiger partial charge in [0, 0.05) is 50.0 Å². The quantitative estimate of drug-likeness (QED) is 0.313. The van der Waals surface area contributed by atoms with Gasteiger partial charge in [0.2, 0.25) is 15.9 Å². The lowest BCUT2D eigenvalue weighted by molar-refractivity contribution is -0.384. The first kappa shape index (κ1) is 25.8. The summed E-state index contributed by atoms with van der Waals surface area (Å²) < 4.78 is 33.0. The summed E-state index contributed by atoms with van der Waals surface area (Å²) in [6, 6.07) is 12.8. The van der Waals surface area contributed by atoms with E-state index in [1.165, 1.54) is 29.6 Å². The van der Waals surface area contributed by atoms with Crippen LogP contribution in [0.3, 0.4) is 0 Å². The van der Waals surface area contributed by atoms with E-state index in [0.717, 1.165) is 6.42 Å². The number of carbonyl (C=O) groups is 1. The first-order chi connectivity index (χ1) is 17.2. The van der Waals surface area contributed by atoms with Crippen LogP contribution in [-0.2, 0) is 14.8 Å². The van der Waals surface area contributed by atoms with Crippen molar-refractivity contribution in [1.82, 2.24) is 9.21 Å². The molecule has 36 heavy (non-hydrogen) atoms. The Balaban J connectivity index is 1.42. The zero-order valence-corrected chi connectivity index (χ0v) is 21.4. The summed E-state index contributed by atoms with van der Waals surface area (Å²) in [5, 5.41) is 11.1. The molecule has 4 rings (SSSR count). The fourth-order valence-corrected chi connectivity index (χ4v) is 6.55. The predicted molar refractivity (Wildman–Crippen MR) is 136 cm³/mol. The number of sulfonamides is 1. The topological polar surface area (TPSA) is 110 Å². The molecule has 1 spiro atoms. The zero-order chi connectivity index (χ0) is 25.9. The van der Waals surface area contributed by atoms with Gasteiger partial charge in [-0.2, -0.15) is 4.31 Å². The van der Waals surface area contributed by atoms with Crippen LogP contribution < -0.4 is 4.74 Å². The van der Waals surface area contributed by atoms with Crippen molar-refractivity contribution < 1.29 is 22.9 Å². The molecule has 0 radical (unpaired) electrons. The lowest BCUT2D eigenvalue weighted by Gasteiger charge is -2.38. The molecule has 2 heterocycles. The molecule has 0 atom stereocenters. The van der Waals surface area contributed by atoms with E-state index in [1.54, 1.807) is 36.4 Å². The molecule has 2 saturated heterocycles. The van der Waals surface area contributed by atoms with Gasteiger partial charge in [0.05, 0.1) is 16.9 Å². The number of nitrogens with zero attached hydrogens (tertiary/aromatic N) is 3. The smallest absolute Gasteiger partial charge is 0.270 e. The molecule has 1 amide bonds. The summed E-state index contributed by atoms with van der Waals surface area (Å²) in [5.74, 6) is 0.437. The SMILES string of the molecule is CC/C(=C/c1cccc([N+](=O)[O-])c1)C(=O)N1CCC2(CCN(S(=O)(=O)c3cccc(OC)c3)CC2)C1. The van der Waals surface area contributed by atoms with Gasteiger partial charge >= 0.3 is 0 Å². The third-order valence-corrected chi connectivity index (χ3v) is 9.16. The van der Waals surface area contributed by atoms with Crippen molar-refractivity contribution in [3.05, 3.63) is 69.8 Å². The van der Waals surface area contributed by atoms with E-state index in [2.05, 4.69) is 0 Å². The second-order valence-electron chi connectivity index (χ2n) is 9.44. The van der Waals surface area contributed by atoms with Gasteiger partial charge in [0.15, 0.2) is 0 Å². The number of hydrogen-bond donors (Lipinski definition) is 0. The molecule has 9 nitrogen and oxygen atoms in total. The second-order valence-corrected chi connectivity index (χ2v) is 11.4. The Kier molecular flexibility index (Phi) is 7.46. The Morgan fingerprint density at radius 2 is 1.81 bits per heavy atom. The van der Waals surface area contributed by atoms with Gasteiger partial charge in [-0.25, -0.2) is 8.42 Å². The predicted octanol–water partition coefficient (Wildman–Crippen LogP) is 4.10. The average Bonchev–Trinajstić information content (AvgIpc) is 3.30. The Hall–Kier alpha value is -3.24. The summed E-state index contributed by atoms with van der Waals surface area (Å²) in [6.07, 6.45) is 4.45. The van der Waals surface area contributed by atoms with Gasteiger partial charge in [-0.05, 0) is 54.9 Å². The van der Waals surface area contributed by atoms with Crippen LogP contribution in [0, 0.1) is 15.5 Å². The first-order valence-electron chi connectivity index (χ1n) is 12.1. The van der Waals surface area contributed by atoms with Gasteiger partial charge in [-0.3, -0.25) is 14.9 Å². The highest BCUT2D eigenvalue weighted by molar-refractivity contribution is 7.89. The Morgan fingerprint density at radius 3 is 2.47 bits per heavy atom. The molecule has 0 aliphatic carbocycles. The number of carbonyl (C=O) groups excluding carboxylic acids is 1. The number of nitro groups is 1. The van der Waals surface area contributed by atoms with Gasteiger partial charge in [0.1, 0.15) is 5.75 Å². The van der Waals surface area contributed by atoms with Crippen molar-refractivity contribution in [2.45, 2.75) is 37.5 Å². The fourth-order valence-electron chi connectivity index (χ4n) is 5.08. The van der Waals surface area contributed by atoms with Gasteiger partial charge < -0.3 is 9.64 Å². The van der Waals surface area contributed by atoms with E-state index >= 15 is 0 Å². The van der Waals surface area contributed by atoms with Crippen molar-refractivity contribution in [3.8, 4) is 5.75 Å². The maximum Gasteiger partial charge on any atom is 0.270 e. The van der Waals surface area contributed by atoms with Crippen molar-refractivity contribution >= 4 is 27.7 Å². The molecule has 2 aromatic carbocycles. The van der Waals surface area contributed by atoms with Crippen LogP contribution in [-0.4, -0.2) is 61.7 Å². The van der Waals surface area contributed by atoms with E-state index in [0.29, 0.717) is 62.3 Å². The number of benzene rings is 2. The van der Waals surface area contributed by atoms with E-state index in [9.17, 15) is 23.3 Å². The van der Waals surface area contributed by atoms with Crippen LogP contribution in [0.5, 0.6) is 5.75 Å². The lowest BCUT2D eigenvalue weighted by atomic mass is 9.78. The number of rotatable bonds is 7. The molecule has 10 heteroatoms. The largest absolute Gasteiger partial charge is 0.497 e. The monoisotopic (exact) mass is 513 g/mol. The molecule has 0 N–H and O–H groups in total. The third-order valence-electron chi connectivity index (χ3n) is 7.27. The van der Waals surface area contributed by atoms with E-state index < -0.39 is 14.9 Å². The summed E-state index contributed by atoms with van der Waals surface area (Å²) in [7, 11) is -2.11. The zero-order valence-electron chi connectivity index (χ0n) is 20.6. The number of non-ortho nitro benzene ring substituents is 1.